The molecular weight excluding hydrogens is 213 g/mol. The Hall–Kier alpha value is -1.69. The molecule has 0 spiro atoms. The lowest BCUT2D eigenvalue weighted by Gasteiger charge is -2.11. The molecule has 0 bridgehead atoms. The number of nitrogens with one attached hydrogen (secondary N) is 1. The standard InChI is InChI=1S/C10H12FN3O2/c11-6-3-8(9(12)13-4-6)10(15)14-7-1-2-16-5-7/h3-4,7H,1-2,5H2,(H2,12,13)(H,14,15). The monoisotopic (exact) mass is 225 g/mol. The lowest BCUT2D eigenvalue weighted by Crippen LogP contribution is -2.35. The van der Waals surface area contributed by atoms with Crippen molar-refractivity contribution in [3.05, 3.63) is 23.6 Å². The molecule has 1 atom stereocenters. The Balaban J connectivity index is 2.10. The van der Waals surface area contributed by atoms with E-state index in [0.29, 0.717) is 13.2 Å². The van der Waals surface area contributed by atoms with Gasteiger partial charge in [0.25, 0.3) is 5.91 Å². The molecule has 0 aromatic carbocycles. The maximum absolute atomic E-state index is 12.9. The number of nitrogen functional groups attached to an aromatic ring is 1. The van der Waals surface area contributed by atoms with Crippen molar-refractivity contribution in [2.45, 2.75) is 12.5 Å². The van der Waals surface area contributed by atoms with Crippen LogP contribution in [0.5, 0.6) is 0 Å². The van der Waals surface area contributed by atoms with Crippen LogP contribution >= 0.6 is 0 Å². The average molecular weight is 225 g/mol. The number of carbonyl (C=O) groups is 1. The molecule has 1 aromatic heterocycles. The molecule has 2 heterocycles. The van der Waals surface area contributed by atoms with Crippen molar-refractivity contribution in [1.29, 1.82) is 0 Å². The van der Waals surface area contributed by atoms with Crippen molar-refractivity contribution in [1.82, 2.24) is 10.3 Å². The van der Waals surface area contributed by atoms with Gasteiger partial charge in [0.2, 0.25) is 0 Å². The van der Waals surface area contributed by atoms with Gasteiger partial charge in [-0.15, -0.1) is 0 Å². The summed E-state index contributed by atoms with van der Waals surface area (Å²) in [6.45, 7) is 1.11. The van der Waals surface area contributed by atoms with Crippen LogP contribution in [0.3, 0.4) is 0 Å². The third kappa shape index (κ3) is 2.27. The molecule has 0 radical (unpaired) electrons. The lowest BCUT2D eigenvalue weighted by atomic mass is 10.2. The predicted molar refractivity (Wildman–Crippen MR) is 55.3 cm³/mol. The summed E-state index contributed by atoms with van der Waals surface area (Å²) < 4.78 is 18.0. The van der Waals surface area contributed by atoms with Crippen molar-refractivity contribution < 1.29 is 13.9 Å². The fourth-order valence-electron chi connectivity index (χ4n) is 1.54. The van der Waals surface area contributed by atoms with Crippen molar-refractivity contribution in [3.8, 4) is 0 Å². The van der Waals surface area contributed by atoms with Gasteiger partial charge in [0, 0.05) is 6.61 Å². The molecule has 2 rings (SSSR count). The van der Waals surface area contributed by atoms with Crippen LogP contribution in [0.2, 0.25) is 0 Å². The minimum Gasteiger partial charge on any atom is -0.383 e. The van der Waals surface area contributed by atoms with Gasteiger partial charge in [-0.2, -0.15) is 0 Å². The molecule has 1 aromatic rings. The van der Waals surface area contributed by atoms with Crippen molar-refractivity contribution in [3.63, 3.8) is 0 Å². The van der Waals surface area contributed by atoms with E-state index in [1.165, 1.54) is 0 Å². The van der Waals surface area contributed by atoms with Crippen LogP contribution in [-0.4, -0.2) is 30.1 Å². The number of rotatable bonds is 2. The largest absolute Gasteiger partial charge is 0.383 e. The number of halogens is 1. The zero-order valence-electron chi connectivity index (χ0n) is 8.57. The Bertz CT molecular complexity index is 405. The zero-order valence-corrected chi connectivity index (χ0v) is 8.57. The van der Waals surface area contributed by atoms with Gasteiger partial charge in [-0.1, -0.05) is 0 Å². The number of pyridine rings is 1. The van der Waals surface area contributed by atoms with E-state index in [1.807, 2.05) is 0 Å². The number of nitrogens with zero attached hydrogens (tertiary/aromatic N) is 1. The van der Waals surface area contributed by atoms with Crippen molar-refractivity contribution in [2.75, 3.05) is 18.9 Å². The summed E-state index contributed by atoms with van der Waals surface area (Å²) in [4.78, 5) is 15.3. The van der Waals surface area contributed by atoms with Crippen LogP contribution in [0.25, 0.3) is 0 Å². The summed E-state index contributed by atoms with van der Waals surface area (Å²) in [6.07, 6.45) is 1.74. The van der Waals surface area contributed by atoms with E-state index in [0.717, 1.165) is 18.7 Å². The summed E-state index contributed by atoms with van der Waals surface area (Å²) >= 11 is 0. The molecule has 0 aliphatic carbocycles. The second-order valence-electron chi connectivity index (χ2n) is 3.62. The first-order valence-corrected chi connectivity index (χ1v) is 4.96. The number of hydrogen-bond donors (Lipinski definition) is 2. The highest BCUT2D eigenvalue weighted by atomic mass is 19.1. The number of ether oxygens (including phenoxy) is 1. The van der Waals surface area contributed by atoms with Gasteiger partial charge in [-0.3, -0.25) is 4.79 Å². The maximum Gasteiger partial charge on any atom is 0.255 e. The molecule has 1 aliphatic heterocycles. The number of anilines is 1. The normalized spacial score (nSPS) is 19.7. The Morgan fingerprint density at radius 3 is 3.19 bits per heavy atom. The van der Waals surface area contributed by atoms with E-state index in [-0.39, 0.29) is 17.4 Å². The summed E-state index contributed by atoms with van der Waals surface area (Å²) in [5.41, 5.74) is 5.56. The van der Waals surface area contributed by atoms with E-state index in [4.69, 9.17) is 10.5 Å². The Labute approximate surface area is 91.8 Å². The second kappa shape index (κ2) is 4.44. The van der Waals surface area contributed by atoms with Gasteiger partial charge in [-0.05, 0) is 12.5 Å². The Morgan fingerprint density at radius 2 is 2.50 bits per heavy atom. The molecule has 16 heavy (non-hydrogen) atoms. The van der Waals surface area contributed by atoms with Gasteiger partial charge >= 0.3 is 0 Å². The van der Waals surface area contributed by atoms with Crippen LogP contribution in [0.4, 0.5) is 10.2 Å². The van der Waals surface area contributed by atoms with Crippen LogP contribution in [0.15, 0.2) is 12.3 Å². The van der Waals surface area contributed by atoms with E-state index in [9.17, 15) is 9.18 Å². The van der Waals surface area contributed by atoms with Crippen molar-refractivity contribution >= 4 is 11.7 Å². The molecule has 1 fully saturated rings. The summed E-state index contributed by atoms with van der Waals surface area (Å²) in [5, 5.41) is 2.71. The third-order valence-electron chi connectivity index (χ3n) is 2.39. The molecule has 5 nitrogen and oxygen atoms in total. The minimum absolute atomic E-state index is 0.0258. The fraction of sp³-hybridized carbons (Fsp3) is 0.400. The summed E-state index contributed by atoms with van der Waals surface area (Å²) in [7, 11) is 0. The first-order chi connectivity index (χ1) is 7.66. The number of aromatic nitrogens is 1. The average Bonchev–Trinajstić information content (AvgIpc) is 2.74. The molecule has 0 saturated carbocycles. The second-order valence-corrected chi connectivity index (χ2v) is 3.62. The number of carbonyl (C=O) groups excluding carboxylic acids is 1. The summed E-state index contributed by atoms with van der Waals surface area (Å²) in [6, 6.07) is 1.04. The van der Waals surface area contributed by atoms with Gasteiger partial charge in [0.1, 0.15) is 11.6 Å². The van der Waals surface area contributed by atoms with Gasteiger partial charge in [0.15, 0.2) is 0 Å². The van der Waals surface area contributed by atoms with Gasteiger partial charge in [0.05, 0.1) is 24.4 Å². The zero-order chi connectivity index (χ0) is 11.5. The van der Waals surface area contributed by atoms with Gasteiger partial charge < -0.3 is 15.8 Å². The first kappa shape index (κ1) is 10.8. The first-order valence-electron chi connectivity index (χ1n) is 4.96. The summed E-state index contributed by atoms with van der Waals surface area (Å²) in [5.74, 6) is -0.972. The topological polar surface area (TPSA) is 77.2 Å². The molecule has 6 heteroatoms. The lowest BCUT2D eigenvalue weighted by molar-refractivity contribution is 0.0930. The highest BCUT2D eigenvalue weighted by Gasteiger charge is 2.20. The quantitative estimate of drug-likeness (QED) is 0.760. The van der Waals surface area contributed by atoms with E-state index >= 15 is 0 Å². The fourth-order valence-corrected chi connectivity index (χ4v) is 1.54. The Morgan fingerprint density at radius 1 is 1.69 bits per heavy atom. The molecule has 86 valence electrons. The van der Waals surface area contributed by atoms with Gasteiger partial charge in [-0.25, -0.2) is 9.37 Å². The third-order valence-corrected chi connectivity index (χ3v) is 2.39. The van der Waals surface area contributed by atoms with E-state index in [2.05, 4.69) is 10.3 Å². The minimum atomic E-state index is -0.581. The van der Waals surface area contributed by atoms with Crippen LogP contribution in [0, 0.1) is 5.82 Å². The van der Waals surface area contributed by atoms with Crippen LogP contribution in [-0.2, 0) is 4.74 Å². The molecular formula is C10H12FN3O2. The SMILES string of the molecule is Nc1ncc(F)cc1C(=O)NC1CCOC1. The molecule has 1 unspecified atom stereocenters. The molecule has 1 saturated heterocycles. The molecule has 1 amide bonds. The Kier molecular flexibility index (Phi) is 3.00. The van der Waals surface area contributed by atoms with E-state index in [1.54, 1.807) is 0 Å². The van der Waals surface area contributed by atoms with Crippen LogP contribution < -0.4 is 11.1 Å². The van der Waals surface area contributed by atoms with Crippen molar-refractivity contribution in [2.24, 2.45) is 0 Å². The number of hydrogen-bond acceptors (Lipinski definition) is 4. The van der Waals surface area contributed by atoms with E-state index < -0.39 is 11.7 Å². The molecule has 3 N–H and O–H groups in total. The van der Waals surface area contributed by atoms with Crippen LogP contribution in [0.1, 0.15) is 16.8 Å². The maximum atomic E-state index is 12.9. The smallest absolute Gasteiger partial charge is 0.255 e. The highest BCUT2D eigenvalue weighted by Crippen LogP contribution is 2.11. The highest BCUT2D eigenvalue weighted by molar-refractivity contribution is 5.98. The predicted octanol–water partition coefficient (Wildman–Crippen LogP) is 0.322. The number of nitrogens with two attached hydrogens (primary N) is 1. The molecule has 1 aliphatic rings. The number of amides is 1.